The minimum absolute atomic E-state index is 0.0973. The predicted octanol–water partition coefficient (Wildman–Crippen LogP) is 5.21. The van der Waals surface area contributed by atoms with E-state index in [1.165, 1.54) is 4.68 Å². The summed E-state index contributed by atoms with van der Waals surface area (Å²) in [7, 11) is 0. The number of thioether (sulfide) groups is 1. The van der Waals surface area contributed by atoms with Gasteiger partial charge in [-0.3, -0.25) is 4.79 Å². The first-order chi connectivity index (χ1) is 16.8. The van der Waals surface area contributed by atoms with Crippen LogP contribution in [0.3, 0.4) is 0 Å². The monoisotopic (exact) mass is 469 g/mol. The van der Waals surface area contributed by atoms with Crippen LogP contribution in [-0.2, 0) is 18.7 Å². The summed E-state index contributed by atoms with van der Waals surface area (Å²) < 4.78 is 9.39. The Morgan fingerprint density at radius 2 is 1.74 bits per heavy atom. The number of hydrogen-bond acceptors (Lipinski definition) is 6. The van der Waals surface area contributed by atoms with Gasteiger partial charge in [0.05, 0.1) is 11.4 Å². The van der Waals surface area contributed by atoms with Gasteiger partial charge in [0, 0.05) is 23.6 Å². The van der Waals surface area contributed by atoms with Gasteiger partial charge < -0.3 is 8.98 Å². The number of oxazole rings is 1. The Bertz CT molecular complexity index is 1460. The molecule has 170 valence electrons. The molecule has 3 aliphatic heterocycles. The molecule has 3 aromatic rings. The summed E-state index contributed by atoms with van der Waals surface area (Å²) >= 11 is 1.61. The Labute approximate surface area is 200 Å². The molecule has 0 N–H and O–H groups in total. The average molecular weight is 470 g/mol. The van der Waals surface area contributed by atoms with E-state index in [4.69, 9.17) is 9.40 Å². The van der Waals surface area contributed by atoms with Crippen LogP contribution in [0.1, 0.15) is 30.7 Å². The molecule has 0 bridgehead atoms. The van der Waals surface area contributed by atoms with Gasteiger partial charge in [-0.25, -0.2) is 9.97 Å². The van der Waals surface area contributed by atoms with Crippen LogP contribution in [0.15, 0.2) is 81.3 Å². The third kappa shape index (κ3) is 3.84. The molecular formula is C26H23N5O2S. The lowest BCUT2D eigenvalue weighted by Gasteiger charge is -2.17. The van der Waals surface area contributed by atoms with Gasteiger partial charge in [0.15, 0.2) is 11.0 Å². The number of aromatic nitrogens is 5. The molecule has 0 aliphatic carbocycles. The first-order valence-corrected chi connectivity index (χ1v) is 12.5. The van der Waals surface area contributed by atoms with Crippen molar-refractivity contribution in [2.45, 2.75) is 43.1 Å². The van der Waals surface area contributed by atoms with Gasteiger partial charge in [0.1, 0.15) is 11.8 Å². The standard InChI is InChI=1S/C26H23N5O2S/c32-25-22-21-14-8-3-9-15-30(21)26(28-23(22)29-31(25)20-12-6-2-7-13-20)34-17-19-16-33-24(27-19)18-10-4-1-5-11-18/h1-2,4-7,10-13,16H,3,8-9,14-15,17H2. The highest BCUT2D eigenvalue weighted by molar-refractivity contribution is 7.98. The lowest BCUT2D eigenvalue weighted by molar-refractivity contribution is 0.570. The number of fused-ring (bicyclic) bond motifs is 3. The van der Waals surface area contributed by atoms with E-state index >= 15 is 0 Å². The summed E-state index contributed by atoms with van der Waals surface area (Å²) in [5, 5.41) is 5.48. The summed E-state index contributed by atoms with van der Waals surface area (Å²) in [6.07, 6.45) is 5.82. The summed E-state index contributed by atoms with van der Waals surface area (Å²) in [6, 6.07) is 19.4. The second-order valence-corrected chi connectivity index (χ2v) is 9.30. The van der Waals surface area contributed by atoms with Gasteiger partial charge in [-0.1, -0.05) is 54.6 Å². The zero-order valence-electron chi connectivity index (χ0n) is 18.6. The Balaban J connectivity index is 1.37. The zero-order valence-corrected chi connectivity index (χ0v) is 19.4. The Kier molecular flexibility index (Phi) is 5.50. The average Bonchev–Trinajstić information content (AvgIpc) is 3.40. The molecule has 0 amide bonds. The van der Waals surface area contributed by atoms with E-state index in [2.05, 4.69) is 14.6 Å². The lowest BCUT2D eigenvalue weighted by Crippen LogP contribution is -2.19. The van der Waals surface area contributed by atoms with Crippen molar-refractivity contribution in [3.63, 3.8) is 0 Å². The van der Waals surface area contributed by atoms with Crippen LogP contribution in [0.4, 0.5) is 0 Å². The van der Waals surface area contributed by atoms with Crippen molar-refractivity contribution in [1.29, 1.82) is 0 Å². The minimum atomic E-state index is -0.0973. The molecule has 0 saturated heterocycles. The molecule has 0 unspecified atom stereocenters. The quantitative estimate of drug-likeness (QED) is 0.260. The predicted molar refractivity (Wildman–Crippen MR) is 131 cm³/mol. The molecule has 7 nitrogen and oxygen atoms in total. The van der Waals surface area contributed by atoms with Crippen molar-refractivity contribution >= 4 is 11.8 Å². The SMILES string of the molecule is O=c1c2c3n(c(SCc4coc(-c5ccccc5)n4)nc-2nn1-c1ccccc1)CCCCC3. The normalized spacial score (nSPS) is 13.6. The number of rotatable bonds is 5. The van der Waals surface area contributed by atoms with Crippen LogP contribution < -0.4 is 5.56 Å². The van der Waals surface area contributed by atoms with E-state index in [9.17, 15) is 4.79 Å². The fourth-order valence-electron chi connectivity index (χ4n) is 4.43. The van der Waals surface area contributed by atoms with Crippen molar-refractivity contribution in [1.82, 2.24) is 24.3 Å². The largest absolute Gasteiger partial charge is 0.444 e. The zero-order chi connectivity index (χ0) is 22.9. The minimum Gasteiger partial charge on any atom is -0.444 e. The second kappa shape index (κ2) is 8.95. The van der Waals surface area contributed by atoms with Crippen LogP contribution in [-0.4, -0.2) is 24.3 Å². The molecule has 2 aromatic carbocycles. The summed E-state index contributed by atoms with van der Waals surface area (Å²) in [6.45, 7) is 0.852. The Morgan fingerprint density at radius 1 is 0.941 bits per heavy atom. The first kappa shape index (κ1) is 20.9. The van der Waals surface area contributed by atoms with Gasteiger partial charge >= 0.3 is 0 Å². The van der Waals surface area contributed by atoms with Crippen molar-refractivity contribution < 1.29 is 4.42 Å². The van der Waals surface area contributed by atoms with Gasteiger partial charge in [-0.2, -0.15) is 4.68 Å². The Hall–Kier alpha value is -3.65. The van der Waals surface area contributed by atoms with E-state index in [-0.39, 0.29) is 5.56 Å². The van der Waals surface area contributed by atoms with Gasteiger partial charge in [-0.15, -0.1) is 5.10 Å². The molecule has 3 aliphatic rings. The summed E-state index contributed by atoms with van der Waals surface area (Å²) in [5.74, 6) is 1.75. The highest BCUT2D eigenvalue weighted by Gasteiger charge is 2.27. The van der Waals surface area contributed by atoms with Crippen molar-refractivity contribution in [2.24, 2.45) is 0 Å². The molecule has 0 atom stereocenters. The molecule has 34 heavy (non-hydrogen) atoms. The molecule has 1 aromatic heterocycles. The molecule has 0 fully saturated rings. The van der Waals surface area contributed by atoms with Crippen molar-refractivity contribution in [3.05, 3.63) is 88.7 Å². The van der Waals surface area contributed by atoms with Crippen LogP contribution in [0.25, 0.3) is 28.5 Å². The van der Waals surface area contributed by atoms with E-state index in [1.807, 2.05) is 60.7 Å². The molecule has 4 heterocycles. The number of nitrogens with zero attached hydrogens (tertiary/aromatic N) is 5. The second-order valence-electron chi connectivity index (χ2n) is 8.35. The maximum atomic E-state index is 13.4. The number of hydrogen-bond donors (Lipinski definition) is 0. The lowest BCUT2D eigenvalue weighted by atomic mass is 10.1. The number of para-hydroxylation sites is 1. The molecule has 0 radical (unpaired) electrons. The highest BCUT2D eigenvalue weighted by Crippen LogP contribution is 2.32. The van der Waals surface area contributed by atoms with Gasteiger partial charge in [0.25, 0.3) is 5.56 Å². The maximum absolute atomic E-state index is 13.4. The van der Waals surface area contributed by atoms with Crippen LogP contribution in [0.2, 0.25) is 0 Å². The van der Waals surface area contributed by atoms with Crippen LogP contribution in [0, 0.1) is 0 Å². The third-order valence-electron chi connectivity index (χ3n) is 6.09. The molecule has 0 spiro atoms. The van der Waals surface area contributed by atoms with E-state index in [0.717, 1.165) is 60.0 Å². The molecule has 8 heteroatoms. The van der Waals surface area contributed by atoms with Crippen molar-refractivity contribution in [2.75, 3.05) is 0 Å². The highest BCUT2D eigenvalue weighted by atomic mass is 32.2. The van der Waals surface area contributed by atoms with Gasteiger partial charge in [-0.05, 0) is 43.5 Å². The van der Waals surface area contributed by atoms with E-state index < -0.39 is 0 Å². The summed E-state index contributed by atoms with van der Waals surface area (Å²) in [5.41, 5.74) is 4.15. The third-order valence-corrected chi connectivity index (χ3v) is 7.10. The molecule has 6 rings (SSSR count). The first-order valence-electron chi connectivity index (χ1n) is 11.5. The fraction of sp³-hybridized carbons (Fsp3) is 0.231. The smallest absolute Gasteiger partial charge is 0.284 e. The fourth-order valence-corrected chi connectivity index (χ4v) is 5.35. The summed E-state index contributed by atoms with van der Waals surface area (Å²) in [4.78, 5) is 22.9. The molecule has 0 saturated carbocycles. The van der Waals surface area contributed by atoms with E-state index in [1.54, 1.807) is 18.0 Å². The number of benzene rings is 2. The molecular weight excluding hydrogens is 446 g/mol. The van der Waals surface area contributed by atoms with Crippen LogP contribution >= 0.6 is 11.8 Å². The van der Waals surface area contributed by atoms with Gasteiger partial charge in [0.2, 0.25) is 5.89 Å². The van der Waals surface area contributed by atoms with Crippen LogP contribution in [0.5, 0.6) is 0 Å². The maximum Gasteiger partial charge on any atom is 0.284 e. The van der Waals surface area contributed by atoms with E-state index in [0.29, 0.717) is 23.0 Å². The van der Waals surface area contributed by atoms with Crippen molar-refractivity contribution in [3.8, 4) is 28.5 Å². The topological polar surface area (TPSA) is 78.7 Å². The Morgan fingerprint density at radius 3 is 2.56 bits per heavy atom.